The van der Waals surface area contributed by atoms with E-state index < -0.39 is 0 Å². The largest absolute Gasteiger partial charge is 0.497 e. The molecule has 0 aliphatic heterocycles. The van der Waals surface area contributed by atoms with Gasteiger partial charge in [-0.05, 0) is 37.6 Å². The van der Waals surface area contributed by atoms with E-state index in [1.807, 2.05) is 60.9 Å². The molecule has 0 saturated carbocycles. The van der Waals surface area contributed by atoms with E-state index in [1.54, 1.807) is 13.3 Å². The Morgan fingerprint density at radius 1 is 1.25 bits per heavy atom. The third-order valence-corrected chi connectivity index (χ3v) is 5.12. The molecule has 0 unspecified atom stereocenters. The molecule has 7 nitrogen and oxygen atoms in total. The van der Waals surface area contributed by atoms with Gasteiger partial charge in [-0.15, -0.1) is 10.2 Å². The Kier molecular flexibility index (Phi) is 6.65. The summed E-state index contributed by atoms with van der Waals surface area (Å²) in [5, 5.41) is 12.2. The normalized spacial score (nSPS) is 11.8. The minimum Gasteiger partial charge on any atom is -0.497 e. The molecule has 28 heavy (non-hydrogen) atoms. The molecule has 0 spiro atoms. The second-order valence-electron chi connectivity index (χ2n) is 6.22. The van der Waals surface area contributed by atoms with Crippen LogP contribution in [0, 0.1) is 0 Å². The number of carbonyl (C=O) groups excluding carboxylic acids is 1. The Hall–Kier alpha value is -2.87. The molecule has 0 aliphatic carbocycles. The van der Waals surface area contributed by atoms with Crippen molar-refractivity contribution in [3.63, 3.8) is 0 Å². The number of carbonyl (C=O) groups is 1. The molecule has 0 aliphatic rings. The molecule has 3 rings (SSSR count). The first-order valence-electron chi connectivity index (χ1n) is 9.05. The van der Waals surface area contributed by atoms with Crippen LogP contribution >= 0.6 is 11.8 Å². The molecule has 3 aromatic rings. The number of methoxy groups -OCH3 is 1. The summed E-state index contributed by atoms with van der Waals surface area (Å²) in [5.41, 5.74) is 1.54. The summed E-state index contributed by atoms with van der Waals surface area (Å²) in [5.74, 6) is 1.57. The van der Waals surface area contributed by atoms with Crippen molar-refractivity contribution in [3.8, 4) is 23.0 Å². The van der Waals surface area contributed by atoms with E-state index in [0.29, 0.717) is 16.7 Å². The second kappa shape index (κ2) is 9.36. The fraction of sp³-hybridized carbons (Fsp3) is 0.300. The zero-order valence-corrected chi connectivity index (χ0v) is 16.9. The first-order valence-corrected chi connectivity index (χ1v) is 10.0. The lowest BCUT2D eigenvalue weighted by atomic mass is 10.2. The van der Waals surface area contributed by atoms with Crippen LogP contribution in [0.5, 0.6) is 5.75 Å². The standard InChI is InChI=1S/C20H23N5O2S/c1-4-14(2)22-18(26)13-28-20-24-23-19(17-10-5-6-11-21-17)25(20)15-8-7-9-16(12-15)27-3/h5-12,14H,4,13H2,1-3H3,(H,22,26)/t14-/m1/s1. The molecule has 2 aromatic heterocycles. The first kappa shape index (κ1) is 19.9. The van der Waals surface area contributed by atoms with Gasteiger partial charge in [0.15, 0.2) is 11.0 Å². The van der Waals surface area contributed by atoms with Gasteiger partial charge in [0, 0.05) is 18.3 Å². The molecule has 2 heterocycles. The SMILES string of the molecule is CC[C@@H](C)NC(=O)CSc1nnc(-c2ccccn2)n1-c1cccc(OC)c1. The zero-order chi connectivity index (χ0) is 19.9. The smallest absolute Gasteiger partial charge is 0.230 e. The Bertz CT molecular complexity index is 929. The van der Waals surface area contributed by atoms with Crippen LogP contribution in [0.1, 0.15) is 20.3 Å². The quantitative estimate of drug-likeness (QED) is 0.587. The van der Waals surface area contributed by atoms with Crippen LogP contribution in [0.25, 0.3) is 17.2 Å². The number of pyridine rings is 1. The van der Waals surface area contributed by atoms with Gasteiger partial charge in [-0.3, -0.25) is 14.3 Å². The highest BCUT2D eigenvalue weighted by molar-refractivity contribution is 7.99. The third-order valence-electron chi connectivity index (χ3n) is 4.19. The second-order valence-corrected chi connectivity index (χ2v) is 7.17. The number of rotatable bonds is 8. The van der Waals surface area contributed by atoms with Crippen molar-refractivity contribution in [1.29, 1.82) is 0 Å². The van der Waals surface area contributed by atoms with E-state index >= 15 is 0 Å². The van der Waals surface area contributed by atoms with E-state index in [4.69, 9.17) is 4.74 Å². The summed E-state index contributed by atoms with van der Waals surface area (Å²) in [6, 6.07) is 13.4. The summed E-state index contributed by atoms with van der Waals surface area (Å²) in [6.45, 7) is 4.02. The summed E-state index contributed by atoms with van der Waals surface area (Å²) in [6.07, 6.45) is 2.60. The molecule has 8 heteroatoms. The van der Waals surface area contributed by atoms with E-state index in [2.05, 4.69) is 20.5 Å². The van der Waals surface area contributed by atoms with Gasteiger partial charge in [-0.1, -0.05) is 30.8 Å². The Balaban J connectivity index is 1.94. The highest BCUT2D eigenvalue weighted by Crippen LogP contribution is 2.28. The predicted octanol–water partition coefficient (Wildman–Crippen LogP) is 3.34. The maximum Gasteiger partial charge on any atom is 0.230 e. The lowest BCUT2D eigenvalue weighted by molar-refractivity contribution is -0.119. The van der Waals surface area contributed by atoms with Gasteiger partial charge >= 0.3 is 0 Å². The van der Waals surface area contributed by atoms with Crippen LogP contribution in [-0.2, 0) is 4.79 Å². The number of hydrogen-bond acceptors (Lipinski definition) is 6. The highest BCUT2D eigenvalue weighted by Gasteiger charge is 2.18. The lowest BCUT2D eigenvalue weighted by Gasteiger charge is -2.12. The van der Waals surface area contributed by atoms with Gasteiger partial charge in [0.2, 0.25) is 5.91 Å². The van der Waals surface area contributed by atoms with E-state index in [1.165, 1.54) is 11.8 Å². The van der Waals surface area contributed by atoms with Gasteiger partial charge in [-0.25, -0.2) is 0 Å². The first-order chi connectivity index (χ1) is 13.6. The van der Waals surface area contributed by atoms with E-state index in [0.717, 1.165) is 17.9 Å². The number of aromatic nitrogens is 4. The van der Waals surface area contributed by atoms with E-state index in [9.17, 15) is 4.79 Å². The minimum atomic E-state index is -0.0288. The van der Waals surface area contributed by atoms with Crippen LogP contribution in [0.2, 0.25) is 0 Å². The van der Waals surface area contributed by atoms with Crippen molar-refractivity contribution in [2.24, 2.45) is 0 Å². The predicted molar refractivity (Wildman–Crippen MR) is 110 cm³/mol. The maximum atomic E-state index is 12.2. The number of ether oxygens (including phenoxy) is 1. The maximum absolute atomic E-state index is 12.2. The zero-order valence-electron chi connectivity index (χ0n) is 16.1. The monoisotopic (exact) mass is 397 g/mol. The lowest BCUT2D eigenvalue weighted by Crippen LogP contribution is -2.33. The van der Waals surface area contributed by atoms with Crippen LogP contribution < -0.4 is 10.1 Å². The van der Waals surface area contributed by atoms with Crippen molar-refractivity contribution in [2.45, 2.75) is 31.5 Å². The Morgan fingerprint density at radius 3 is 2.82 bits per heavy atom. The van der Waals surface area contributed by atoms with Crippen molar-refractivity contribution < 1.29 is 9.53 Å². The average Bonchev–Trinajstić information content (AvgIpc) is 3.16. The van der Waals surface area contributed by atoms with Gasteiger partial charge in [0.25, 0.3) is 0 Å². The number of amides is 1. The van der Waals surface area contributed by atoms with Gasteiger partial charge < -0.3 is 10.1 Å². The summed E-state index contributed by atoms with van der Waals surface area (Å²) < 4.78 is 7.25. The molecule has 1 atom stereocenters. The topological polar surface area (TPSA) is 81.9 Å². The fourth-order valence-electron chi connectivity index (χ4n) is 2.56. The summed E-state index contributed by atoms with van der Waals surface area (Å²) >= 11 is 1.34. The number of thioether (sulfide) groups is 1. The molecule has 146 valence electrons. The van der Waals surface area contributed by atoms with Crippen LogP contribution in [0.15, 0.2) is 53.8 Å². The van der Waals surface area contributed by atoms with Gasteiger partial charge in [0.05, 0.1) is 18.6 Å². The fourth-order valence-corrected chi connectivity index (χ4v) is 3.32. The number of nitrogens with zero attached hydrogens (tertiary/aromatic N) is 4. The van der Waals surface area contributed by atoms with Crippen LogP contribution in [0.3, 0.4) is 0 Å². The molecular formula is C20H23N5O2S. The molecule has 0 radical (unpaired) electrons. The van der Waals surface area contributed by atoms with Crippen LogP contribution in [-0.4, -0.2) is 44.6 Å². The van der Waals surface area contributed by atoms with Crippen molar-refractivity contribution >= 4 is 17.7 Å². The molecular weight excluding hydrogens is 374 g/mol. The molecule has 0 saturated heterocycles. The molecule has 1 amide bonds. The van der Waals surface area contributed by atoms with Crippen molar-refractivity contribution in [3.05, 3.63) is 48.7 Å². The molecule has 0 fully saturated rings. The summed E-state index contributed by atoms with van der Waals surface area (Å²) in [7, 11) is 1.62. The number of benzene rings is 1. The number of nitrogens with one attached hydrogen (secondary N) is 1. The van der Waals surface area contributed by atoms with Gasteiger partial charge in [0.1, 0.15) is 11.4 Å². The average molecular weight is 398 g/mol. The Labute approximate surface area is 168 Å². The van der Waals surface area contributed by atoms with Crippen LogP contribution in [0.4, 0.5) is 0 Å². The minimum absolute atomic E-state index is 0.0288. The van der Waals surface area contributed by atoms with E-state index in [-0.39, 0.29) is 17.7 Å². The third kappa shape index (κ3) is 4.69. The van der Waals surface area contributed by atoms with Gasteiger partial charge in [-0.2, -0.15) is 0 Å². The Morgan fingerprint density at radius 2 is 2.11 bits per heavy atom. The molecule has 0 bridgehead atoms. The molecule has 1 aromatic carbocycles. The van der Waals surface area contributed by atoms with Crippen molar-refractivity contribution in [1.82, 2.24) is 25.1 Å². The summed E-state index contributed by atoms with van der Waals surface area (Å²) in [4.78, 5) is 16.6. The number of hydrogen-bond donors (Lipinski definition) is 1. The molecule has 1 N–H and O–H groups in total. The highest BCUT2D eigenvalue weighted by atomic mass is 32.2. The van der Waals surface area contributed by atoms with Crippen molar-refractivity contribution in [2.75, 3.05) is 12.9 Å².